The number of nitrogens with zero attached hydrogens (tertiary/aromatic N) is 6. The van der Waals surface area contributed by atoms with Crippen molar-refractivity contribution in [2.24, 2.45) is 0 Å². The molecule has 10 heteroatoms. The highest BCUT2D eigenvalue weighted by Crippen LogP contribution is 2.25. The lowest BCUT2D eigenvalue weighted by Gasteiger charge is -2.20. The Labute approximate surface area is 187 Å². The van der Waals surface area contributed by atoms with Gasteiger partial charge < -0.3 is 11.1 Å². The average Bonchev–Trinajstić information content (AvgIpc) is 2.79. The van der Waals surface area contributed by atoms with E-state index in [0.717, 1.165) is 0 Å². The molecule has 0 bridgehead atoms. The molecule has 4 aromatic rings. The fourth-order valence-corrected chi connectivity index (χ4v) is 3.57. The van der Waals surface area contributed by atoms with Gasteiger partial charge in [0.15, 0.2) is 0 Å². The van der Waals surface area contributed by atoms with E-state index in [1.165, 1.54) is 10.8 Å². The highest BCUT2D eigenvalue weighted by Gasteiger charge is 2.21. The Morgan fingerprint density at radius 1 is 1.16 bits per heavy atom. The molecule has 1 unspecified atom stereocenters. The molecule has 1 atom stereocenters. The minimum atomic E-state index is -0.585. The van der Waals surface area contributed by atoms with Crippen molar-refractivity contribution in [3.63, 3.8) is 0 Å². The highest BCUT2D eigenvalue weighted by atomic mass is 35.5. The van der Waals surface area contributed by atoms with Gasteiger partial charge in [-0.05, 0) is 37.3 Å². The Morgan fingerprint density at radius 3 is 2.69 bits per heavy atom. The molecular formula is C22H15ClN8O. The summed E-state index contributed by atoms with van der Waals surface area (Å²) in [5, 5.41) is 22.3. The minimum Gasteiger partial charge on any atom is -0.368 e. The number of hydrogen-bond acceptors (Lipinski definition) is 8. The molecule has 4 rings (SSSR count). The molecule has 0 aliphatic rings. The molecule has 3 N–H and O–H groups in total. The maximum Gasteiger partial charge on any atom is 0.267 e. The first kappa shape index (κ1) is 20.8. The van der Waals surface area contributed by atoms with Crippen LogP contribution in [0, 0.1) is 22.7 Å². The maximum absolute atomic E-state index is 13.5. The lowest BCUT2D eigenvalue weighted by molar-refractivity contribution is 0.730. The van der Waals surface area contributed by atoms with Crippen molar-refractivity contribution in [1.29, 1.82) is 10.5 Å². The van der Waals surface area contributed by atoms with E-state index in [0.29, 0.717) is 22.6 Å². The number of nitrogen functional groups attached to an aromatic ring is 1. The summed E-state index contributed by atoms with van der Waals surface area (Å²) in [6.45, 7) is 1.77. The molecule has 32 heavy (non-hydrogen) atoms. The van der Waals surface area contributed by atoms with Crippen LogP contribution in [0.15, 0.2) is 53.5 Å². The van der Waals surface area contributed by atoms with Crippen molar-refractivity contribution in [1.82, 2.24) is 19.5 Å². The predicted octanol–water partition coefficient (Wildman–Crippen LogP) is 3.33. The zero-order chi connectivity index (χ0) is 22.8. The summed E-state index contributed by atoms with van der Waals surface area (Å²) in [6.07, 6.45) is 1.31. The van der Waals surface area contributed by atoms with Gasteiger partial charge in [0, 0.05) is 0 Å². The summed E-state index contributed by atoms with van der Waals surface area (Å²) in [5.74, 6) is 0.544. The van der Waals surface area contributed by atoms with Crippen molar-refractivity contribution in [2.45, 2.75) is 13.0 Å². The van der Waals surface area contributed by atoms with Crippen molar-refractivity contribution in [2.75, 3.05) is 11.1 Å². The molecule has 0 spiro atoms. The van der Waals surface area contributed by atoms with Crippen LogP contribution in [0.3, 0.4) is 0 Å². The zero-order valence-electron chi connectivity index (χ0n) is 16.7. The Bertz CT molecular complexity index is 1500. The molecule has 0 fully saturated rings. The van der Waals surface area contributed by atoms with Crippen LogP contribution in [0.2, 0.25) is 5.02 Å². The van der Waals surface area contributed by atoms with Crippen LogP contribution in [-0.4, -0.2) is 19.5 Å². The largest absolute Gasteiger partial charge is 0.368 e. The van der Waals surface area contributed by atoms with Gasteiger partial charge in [-0.2, -0.15) is 15.5 Å². The Hall–Kier alpha value is -4.47. The molecule has 0 amide bonds. The molecule has 0 aliphatic carbocycles. The number of anilines is 2. The molecule has 156 valence electrons. The SMILES string of the molecule is CC(Nc1nc(N)ncc1C#N)c1nc2cccc(Cl)c2c(=O)n1-c1cccc(C#N)c1. The van der Waals surface area contributed by atoms with E-state index >= 15 is 0 Å². The van der Waals surface area contributed by atoms with Crippen molar-refractivity contribution in [3.8, 4) is 17.8 Å². The number of nitrogens with one attached hydrogen (secondary N) is 1. The van der Waals surface area contributed by atoms with Crippen molar-refractivity contribution >= 4 is 34.3 Å². The summed E-state index contributed by atoms with van der Waals surface area (Å²) < 4.78 is 1.39. The van der Waals surface area contributed by atoms with Crippen LogP contribution in [0.5, 0.6) is 0 Å². The van der Waals surface area contributed by atoms with Crippen LogP contribution in [0.25, 0.3) is 16.6 Å². The molecule has 0 aliphatic heterocycles. The van der Waals surface area contributed by atoms with Crippen molar-refractivity contribution in [3.05, 3.63) is 81.0 Å². The first-order valence-electron chi connectivity index (χ1n) is 9.43. The quantitative estimate of drug-likeness (QED) is 0.489. The summed E-state index contributed by atoms with van der Waals surface area (Å²) in [7, 11) is 0. The maximum atomic E-state index is 13.5. The van der Waals surface area contributed by atoms with E-state index in [1.54, 1.807) is 49.4 Å². The molecule has 2 aromatic carbocycles. The molecule has 2 heterocycles. The zero-order valence-corrected chi connectivity index (χ0v) is 17.5. The normalized spacial score (nSPS) is 11.5. The lowest BCUT2D eigenvalue weighted by atomic mass is 10.1. The Morgan fingerprint density at radius 2 is 1.94 bits per heavy atom. The number of halogens is 1. The topological polar surface area (TPSA) is 146 Å². The number of aromatic nitrogens is 4. The monoisotopic (exact) mass is 442 g/mol. The Kier molecular flexibility index (Phi) is 5.42. The smallest absolute Gasteiger partial charge is 0.267 e. The van der Waals surface area contributed by atoms with Gasteiger partial charge in [0.25, 0.3) is 5.56 Å². The first-order valence-corrected chi connectivity index (χ1v) is 9.81. The van der Waals surface area contributed by atoms with Gasteiger partial charge in [-0.3, -0.25) is 9.36 Å². The second-order valence-corrected chi connectivity index (χ2v) is 7.28. The third-order valence-corrected chi connectivity index (χ3v) is 5.09. The van der Waals surface area contributed by atoms with E-state index < -0.39 is 6.04 Å². The number of nitrogens with two attached hydrogens (primary N) is 1. The van der Waals surface area contributed by atoms with E-state index in [-0.39, 0.29) is 33.3 Å². The summed E-state index contributed by atoms with van der Waals surface area (Å²) in [5.41, 5.74) is 6.74. The molecular weight excluding hydrogens is 428 g/mol. The fraction of sp³-hybridized carbons (Fsp3) is 0.0909. The molecule has 0 radical (unpaired) electrons. The van der Waals surface area contributed by atoms with Gasteiger partial charge in [-0.15, -0.1) is 0 Å². The number of fused-ring (bicyclic) bond motifs is 1. The van der Waals surface area contributed by atoms with Gasteiger partial charge in [0.05, 0.1) is 45.5 Å². The van der Waals surface area contributed by atoms with E-state index in [4.69, 9.17) is 17.3 Å². The molecule has 9 nitrogen and oxygen atoms in total. The summed E-state index contributed by atoms with van der Waals surface area (Å²) >= 11 is 6.31. The lowest BCUT2D eigenvalue weighted by Crippen LogP contribution is -2.28. The number of rotatable bonds is 4. The summed E-state index contributed by atoms with van der Waals surface area (Å²) in [6, 6.07) is 15.1. The van der Waals surface area contributed by atoms with Crippen LogP contribution in [-0.2, 0) is 0 Å². The second kappa shape index (κ2) is 8.34. The van der Waals surface area contributed by atoms with E-state index in [1.807, 2.05) is 6.07 Å². The van der Waals surface area contributed by atoms with Gasteiger partial charge in [-0.1, -0.05) is 23.7 Å². The predicted molar refractivity (Wildman–Crippen MR) is 120 cm³/mol. The highest BCUT2D eigenvalue weighted by molar-refractivity contribution is 6.35. The minimum absolute atomic E-state index is 0.00364. The first-order chi connectivity index (χ1) is 15.4. The Balaban J connectivity index is 1.96. The second-order valence-electron chi connectivity index (χ2n) is 6.87. The number of hydrogen-bond donors (Lipinski definition) is 2. The average molecular weight is 443 g/mol. The third kappa shape index (κ3) is 3.69. The third-order valence-electron chi connectivity index (χ3n) is 4.77. The van der Waals surface area contributed by atoms with Gasteiger partial charge >= 0.3 is 0 Å². The van der Waals surface area contributed by atoms with Crippen LogP contribution < -0.4 is 16.6 Å². The standard InChI is InChI=1S/C22H15ClN8O/c1-12(28-19-14(10-25)11-27-22(26)30-19)20-29-17-7-3-6-16(23)18(17)21(32)31(20)15-5-2-4-13(8-15)9-24/h2-8,11-12H,1H3,(H3,26,27,28,30). The van der Waals surface area contributed by atoms with E-state index in [9.17, 15) is 15.3 Å². The van der Waals surface area contributed by atoms with Crippen LogP contribution in [0.1, 0.15) is 29.9 Å². The van der Waals surface area contributed by atoms with Gasteiger partial charge in [0.1, 0.15) is 23.3 Å². The molecule has 0 saturated heterocycles. The van der Waals surface area contributed by atoms with Crippen LogP contribution >= 0.6 is 11.6 Å². The van der Waals surface area contributed by atoms with E-state index in [2.05, 4.69) is 26.3 Å². The molecule has 0 saturated carbocycles. The molecule has 2 aromatic heterocycles. The van der Waals surface area contributed by atoms with Gasteiger partial charge in [-0.25, -0.2) is 9.97 Å². The summed E-state index contributed by atoms with van der Waals surface area (Å²) in [4.78, 5) is 26.1. The van der Waals surface area contributed by atoms with Crippen LogP contribution in [0.4, 0.5) is 11.8 Å². The number of nitriles is 2. The fourth-order valence-electron chi connectivity index (χ4n) is 3.32. The number of benzene rings is 2. The van der Waals surface area contributed by atoms with Crippen molar-refractivity contribution < 1.29 is 0 Å². The van der Waals surface area contributed by atoms with Gasteiger partial charge in [0.2, 0.25) is 5.95 Å².